The first-order valence-corrected chi connectivity index (χ1v) is 7.55. The first-order valence-electron chi connectivity index (χ1n) is 7.55. The van der Waals surface area contributed by atoms with Crippen molar-refractivity contribution in [2.75, 3.05) is 11.9 Å². The number of rotatable bonds is 6. The molecule has 3 N–H and O–H groups in total. The quantitative estimate of drug-likeness (QED) is 0.834. The highest BCUT2D eigenvalue weighted by Gasteiger charge is 2.32. The van der Waals surface area contributed by atoms with E-state index in [0.29, 0.717) is 6.04 Å². The number of nitrogens with zero attached hydrogens (tertiary/aromatic N) is 1. The molecule has 0 aromatic heterocycles. The topological polar surface area (TPSA) is 58.4 Å². The summed E-state index contributed by atoms with van der Waals surface area (Å²) in [5.41, 5.74) is 7.74. The third kappa shape index (κ3) is 3.97. The van der Waals surface area contributed by atoms with Crippen molar-refractivity contribution in [3.63, 3.8) is 0 Å². The Hall–Kier alpha value is -1.55. The second-order valence-electron chi connectivity index (χ2n) is 5.62. The predicted octanol–water partition coefficient (Wildman–Crippen LogP) is 3.50. The van der Waals surface area contributed by atoms with Gasteiger partial charge < -0.3 is 16.0 Å². The maximum Gasteiger partial charge on any atom is 0.322 e. The van der Waals surface area contributed by atoms with Crippen LogP contribution in [0.2, 0.25) is 0 Å². The average molecular weight is 275 g/mol. The lowest BCUT2D eigenvalue weighted by Gasteiger charge is -2.23. The van der Waals surface area contributed by atoms with Crippen LogP contribution in [0.5, 0.6) is 0 Å². The number of carbonyl (C=O) groups is 1. The first-order chi connectivity index (χ1) is 9.61. The standard InChI is InChI=1S/C16H25N3O/c1-3-4-10-19(15-8-9-15)16(20)18-14-7-5-6-13(11-14)12(2)17/h5-7,11-12,15H,3-4,8-10,17H2,1-2H3,(H,18,20). The Morgan fingerprint density at radius 1 is 1.50 bits per heavy atom. The maximum atomic E-state index is 12.4. The maximum absolute atomic E-state index is 12.4. The first kappa shape index (κ1) is 14.9. The van der Waals surface area contributed by atoms with Crippen molar-refractivity contribution in [2.45, 2.75) is 51.6 Å². The molecule has 0 heterocycles. The van der Waals surface area contributed by atoms with E-state index in [2.05, 4.69) is 12.2 Å². The fourth-order valence-electron chi connectivity index (χ4n) is 2.26. The fourth-order valence-corrected chi connectivity index (χ4v) is 2.26. The number of nitrogens with two attached hydrogens (primary N) is 1. The van der Waals surface area contributed by atoms with E-state index >= 15 is 0 Å². The van der Waals surface area contributed by atoms with Crippen LogP contribution in [-0.4, -0.2) is 23.5 Å². The third-order valence-electron chi connectivity index (χ3n) is 3.66. The van der Waals surface area contributed by atoms with Crippen LogP contribution < -0.4 is 11.1 Å². The van der Waals surface area contributed by atoms with Crippen molar-refractivity contribution in [2.24, 2.45) is 5.73 Å². The third-order valence-corrected chi connectivity index (χ3v) is 3.66. The summed E-state index contributed by atoms with van der Waals surface area (Å²) in [7, 11) is 0. The van der Waals surface area contributed by atoms with Crippen molar-refractivity contribution in [1.29, 1.82) is 0 Å². The molecule has 1 aliphatic carbocycles. The Labute approximate surface area is 121 Å². The molecular weight excluding hydrogens is 250 g/mol. The fraction of sp³-hybridized carbons (Fsp3) is 0.562. The lowest BCUT2D eigenvalue weighted by atomic mass is 10.1. The summed E-state index contributed by atoms with van der Waals surface area (Å²) in [6, 6.07) is 8.22. The number of unbranched alkanes of at least 4 members (excludes halogenated alkanes) is 1. The smallest absolute Gasteiger partial charge is 0.322 e. The molecule has 0 spiro atoms. The van der Waals surface area contributed by atoms with Crippen LogP contribution >= 0.6 is 0 Å². The molecule has 4 heteroatoms. The van der Waals surface area contributed by atoms with E-state index in [0.717, 1.165) is 43.5 Å². The van der Waals surface area contributed by atoms with Crippen LogP contribution in [0, 0.1) is 0 Å². The van der Waals surface area contributed by atoms with Gasteiger partial charge in [0, 0.05) is 24.3 Å². The van der Waals surface area contributed by atoms with E-state index in [1.54, 1.807) is 0 Å². The highest BCUT2D eigenvalue weighted by molar-refractivity contribution is 5.89. The van der Waals surface area contributed by atoms with E-state index in [1.165, 1.54) is 0 Å². The minimum absolute atomic E-state index is 0.0165. The van der Waals surface area contributed by atoms with E-state index in [9.17, 15) is 4.79 Å². The Morgan fingerprint density at radius 3 is 2.85 bits per heavy atom. The summed E-state index contributed by atoms with van der Waals surface area (Å²) in [4.78, 5) is 14.3. The lowest BCUT2D eigenvalue weighted by Crippen LogP contribution is -2.37. The number of nitrogens with one attached hydrogen (secondary N) is 1. The summed E-state index contributed by atoms with van der Waals surface area (Å²) in [6.07, 6.45) is 4.44. The van der Waals surface area contributed by atoms with Gasteiger partial charge in [0.15, 0.2) is 0 Å². The molecule has 0 aliphatic heterocycles. The Bertz CT molecular complexity index is 455. The van der Waals surface area contributed by atoms with Crippen LogP contribution in [0.1, 0.15) is 51.1 Å². The normalized spacial score (nSPS) is 15.8. The van der Waals surface area contributed by atoms with Gasteiger partial charge in [-0.05, 0) is 43.9 Å². The molecule has 1 aliphatic rings. The van der Waals surface area contributed by atoms with Crippen molar-refractivity contribution < 1.29 is 4.79 Å². The van der Waals surface area contributed by atoms with Crippen molar-refractivity contribution in [1.82, 2.24) is 4.90 Å². The Kier molecular flexibility index (Phi) is 5.01. The number of hydrogen-bond acceptors (Lipinski definition) is 2. The highest BCUT2D eigenvalue weighted by atomic mass is 16.2. The molecule has 4 nitrogen and oxygen atoms in total. The van der Waals surface area contributed by atoms with E-state index in [-0.39, 0.29) is 12.1 Å². The predicted molar refractivity (Wildman–Crippen MR) is 82.7 cm³/mol. The summed E-state index contributed by atoms with van der Waals surface area (Å²) in [6.45, 7) is 4.94. The van der Waals surface area contributed by atoms with Crippen molar-refractivity contribution >= 4 is 11.7 Å². The Balaban J connectivity index is 2.00. The molecule has 0 saturated heterocycles. The van der Waals surface area contributed by atoms with Crippen molar-refractivity contribution in [3.05, 3.63) is 29.8 Å². The summed E-state index contributed by atoms with van der Waals surface area (Å²) in [5.74, 6) is 0. The molecule has 1 fully saturated rings. The van der Waals surface area contributed by atoms with Crippen LogP contribution in [-0.2, 0) is 0 Å². The van der Waals surface area contributed by atoms with Crippen LogP contribution in [0.25, 0.3) is 0 Å². The van der Waals surface area contributed by atoms with Gasteiger partial charge in [-0.3, -0.25) is 0 Å². The molecule has 1 aromatic carbocycles. The van der Waals surface area contributed by atoms with E-state index in [1.807, 2.05) is 36.1 Å². The lowest BCUT2D eigenvalue weighted by molar-refractivity contribution is 0.208. The van der Waals surface area contributed by atoms with Crippen LogP contribution in [0.15, 0.2) is 24.3 Å². The minimum Gasteiger partial charge on any atom is -0.324 e. The zero-order valence-corrected chi connectivity index (χ0v) is 12.4. The number of amides is 2. The summed E-state index contributed by atoms with van der Waals surface area (Å²) < 4.78 is 0. The molecule has 1 aromatic rings. The van der Waals surface area contributed by atoms with Crippen LogP contribution in [0.3, 0.4) is 0 Å². The van der Waals surface area contributed by atoms with Gasteiger partial charge in [-0.25, -0.2) is 4.79 Å². The number of urea groups is 1. The second-order valence-corrected chi connectivity index (χ2v) is 5.62. The molecule has 110 valence electrons. The van der Waals surface area contributed by atoms with Gasteiger partial charge in [-0.15, -0.1) is 0 Å². The van der Waals surface area contributed by atoms with Gasteiger partial charge in [-0.1, -0.05) is 25.5 Å². The second kappa shape index (κ2) is 6.75. The zero-order chi connectivity index (χ0) is 14.5. The molecule has 1 saturated carbocycles. The van der Waals surface area contributed by atoms with Crippen molar-refractivity contribution in [3.8, 4) is 0 Å². The molecule has 1 unspecified atom stereocenters. The monoisotopic (exact) mass is 275 g/mol. The Morgan fingerprint density at radius 2 is 2.25 bits per heavy atom. The number of hydrogen-bond donors (Lipinski definition) is 2. The number of benzene rings is 1. The van der Waals surface area contributed by atoms with E-state index < -0.39 is 0 Å². The SMILES string of the molecule is CCCCN(C(=O)Nc1cccc(C(C)N)c1)C1CC1. The minimum atomic E-state index is -0.0218. The number of anilines is 1. The van der Waals surface area contributed by atoms with Crippen LogP contribution in [0.4, 0.5) is 10.5 Å². The average Bonchev–Trinajstić information content (AvgIpc) is 3.24. The molecule has 1 atom stereocenters. The molecule has 0 bridgehead atoms. The molecular formula is C16H25N3O. The largest absolute Gasteiger partial charge is 0.324 e. The molecule has 2 amide bonds. The summed E-state index contributed by atoms with van der Waals surface area (Å²) >= 11 is 0. The molecule has 2 rings (SSSR count). The number of carbonyl (C=O) groups excluding carboxylic acids is 1. The van der Waals surface area contributed by atoms with Gasteiger partial charge in [0.1, 0.15) is 0 Å². The van der Waals surface area contributed by atoms with Gasteiger partial charge in [0.2, 0.25) is 0 Å². The van der Waals surface area contributed by atoms with E-state index in [4.69, 9.17) is 5.73 Å². The van der Waals surface area contributed by atoms with Gasteiger partial charge in [0.05, 0.1) is 0 Å². The molecule has 20 heavy (non-hydrogen) atoms. The van der Waals surface area contributed by atoms with Gasteiger partial charge >= 0.3 is 6.03 Å². The zero-order valence-electron chi connectivity index (χ0n) is 12.4. The highest BCUT2D eigenvalue weighted by Crippen LogP contribution is 2.28. The van der Waals surface area contributed by atoms with Gasteiger partial charge in [-0.2, -0.15) is 0 Å². The van der Waals surface area contributed by atoms with Gasteiger partial charge in [0.25, 0.3) is 0 Å². The molecule has 0 radical (unpaired) electrons. The summed E-state index contributed by atoms with van der Waals surface area (Å²) in [5, 5.41) is 3.00.